The van der Waals surface area contributed by atoms with Crippen molar-refractivity contribution < 1.29 is 33.8 Å². The van der Waals surface area contributed by atoms with Crippen LogP contribution in [-0.4, -0.2) is 64.5 Å². The van der Waals surface area contributed by atoms with Crippen molar-refractivity contribution >= 4 is 19.0 Å². The summed E-state index contributed by atoms with van der Waals surface area (Å²) in [7, 11) is -4.67. The van der Waals surface area contributed by atoms with Gasteiger partial charge in [0.05, 0.1) is 32.2 Å². The molecule has 3 heterocycles. The number of imidazole rings is 1. The molecule has 12 nitrogen and oxygen atoms in total. The van der Waals surface area contributed by atoms with E-state index in [1.165, 1.54) is 21.8 Å². The molecule has 2 aromatic rings. The minimum Gasteiger partial charge on any atom is -0.395 e. The highest BCUT2D eigenvalue weighted by molar-refractivity contribution is 7.46. The van der Waals surface area contributed by atoms with Crippen LogP contribution in [0.4, 0.5) is 0 Å². The Bertz CT molecular complexity index is 860. The quantitative estimate of drug-likeness (QED) is 0.428. The molecule has 0 radical (unpaired) electrons. The second kappa shape index (κ2) is 6.92. The van der Waals surface area contributed by atoms with Gasteiger partial charge in [-0.3, -0.25) is 18.5 Å². The van der Waals surface area contributed by atoms with Crippen LogP contribution in [0.25, 0.3) is 11.2 Å². The molecule has 25 heavy (non-hydrogen) atoms. The third kappa shape index (κ3) is 3.80. The minimum atomic E-state index is -4.67. The molecule has 0 spiro atoms. The fourth-order valence-corrected chi connectivity index (χ4v) is 2.97. The summed E-state index contributed by atoms with van der Waals surface area (Å²) in [4.78, 5) is 37.8. The highest BCUT2D eigenvalue weighted by atomic mass is 31.2. The van der Waals surface area contributed by atoms with Gasteiger partial charge in [-0.05, 0) is 0 Å². The number of phosphoric ester groups is 1. The van der Waals surface area contributed by atoms with Crippen LogP contribution in [0.5, 0.6) is 0 Å². The van der Waals surface area contributed by atoms with E-state index in [-0.39, 0.29) is 30.7 Å². The Kier molecular flexibility index (Phi) is 5.02. The van der Waals surface area contributed by atoms with Crippen LogP contribution >= 0.6 is 7.82 Å². The Morgan fingerprint density at radius 2 is 2.12 bits per heavy atom. The van der Waals surface area contributed by atoms with Gasteiger partial charge in [0.25, 0.3) is 5.56 Å². The monoisotopic (exact) mass is 376 g/mol. The van der Waals surface area contributed by atoms with E-state index in [1.807, 2.05) is 0 Å². The SMILES string of the molecule is O=c1c2ncn([C@H]3C[C@H](O)[C@@H](COP(=O)(O)O)O3)c2ncn1CCO. The number of aromatic nitrogens is 4. The van der Waals surface area contributed by atoms with E-state index < -0.39 is 38.4 Å². The van der Waals surface area contributed by atoms with E-state index in [1.54, 1.807) is 0 Å². The van der Waals surface area contributed by atoms with Crippen molar-refractivity contribution in [2.45, 2.75) is 31.4 Å². The number of hydrogen-bond acceptors (Lipinski definition) is 8. The number of phosphoric acid groups is 1. The maximum atomic E-state index is 12.2. The molecule has 0 saturated carbocycles. The fraction of sp³-hybridized carbons (Fsp3) is 0.583. The summed E-state index contributed by atoms with van der Waals surface area (Å²) in [5.74, 6) is 0. The van der Waals surface area contributed by atoms with Crippen molar-refractivity contribution in [3.63, 3.8) is 0 Å². The van der Waals surface area contributed by atoms with Gasteiger partial charge in [0, 0.05) is 6.42 Å². The lowest BCUT2D eigenvalue weighted by molar-refractivity contribution is -0.0424. The Labute approximate surface area is 140 Å². The summed E-state index contributed by atoms with van der Waals surface area (Å²) < 4.78 is 23.4. The largest absolute Gasteiger partial charge is 0.469 e. The van der Waals surface area contributed by atoms with Gasteiger partial charge in [-0.2, -0.15) is 0 Å². The van der Waals surface area contributed by atoms with Crippen molar-refractivity contribution in [3.8, 4) is 0 Å². The number of rotatable bonds is 6. The molecule has 4 N–H and O–H groups in total. The lowest BCUT2D eigenvalue weighted by Crippen LogP contribution is -2.26. The smallest absolute Gasteiger partial charge is 0.395 e. The Morgan fingerprint density at radius 1 is 1.36 bits per heavy atom. The summed E-state index contributed by atoms with van der Waals surface area (Å²) in [5.41, 5.74) is -0.0883. The molecule has 0 bridgehead atoms. The van der Waals surface area contributed by atoms with Crippen LogP contribution in [0, 0.1) is 0 Å². The highest BCUT2D eigenvalue weighted by Gasteiger charge is 2.37. The maximum absolute atomic E-state index is 12.2. The standard InChI is InChI=1S/C12H17N4O8P/c17-2-1-15-5-14-11-10(12(15)19)13-6-16(11)9-3-7(18)8(24-9)4-23-25(20,21)22/h5-9,17-18H,1-4H2,(H2,20,21,22)/t7-,8+,9+/m0/s1. The van der Waals surface area contributed by atoms with E-state index in [0.717, 1.165) is 0 Å². The molecule has 1 aliphatic rings. The summed E-state index contributed by atoms with van der Waals surface area (Å²) >= 11 is 0. The van der Waals surface area contributed by atoms with Gasteiger partial charge in [-0.15, -0.1) is 0 Å². The third-order valence-electron chi connectivity index (χ3n) is 3.81. The Morgan fingerprint density at radius 3 is 2.80 bits per heavy atom. The normalized spacial score (nSPS) is 24.2. The second-order valence-electron chi connectivity index (χ2n) is 5.51. The first kappa shape index (κ1) is 18.1. The van der Waals surface area contributed by atoms with Crippen LogP contribution in [0.15, 0.2) is 17.4 Å². The van der Waals surface area contributed by atoms with E-state index in [2.05, 4.69) is 14.5 Å². The summed E-state index contributed by atoms with van der Waals surface area (Å²) in [6.07, 6.45) is 0.0619. The zero-order chi connectivity index (χ0) is 18.2. The molecule has 2 aromatic heterocycles. The molecular formula is C12H17N4O8P. The zero-order valence-corrected chi connectivity index (χ0v) is 13.8. The topological polar surface area (TPSA) is 169 Å². The van der Waals surface area contributed by atoms with Crippen molar-refractivity contribution in [2.24, 2.45) is 0 Å². The van der Waals surface area contributed by atoms with Gasteiger partial charge in [-0.25, -0.2) is 14.5 Å². The predicted octanol–water partition coefficient (Wildman–Crippen LogP) is -1.66. The van der Waals surface area contributed by atoms with Gasteiger partial charge < -0.3 is 24.7 Å². The number of fused-ring (bicyclic) bond motifs is 1. The Balaban J connectivity index is 1.82. The maximum Gasteiger partial charge on any atom is 0.469 e. The van der Waals surface area contributed by atoms with Gasteiger partial charge in [0.2, 0.25) is 0 Å². The highest BCUT2D eigenvalue weighted by Crippen LogP contribution is 2.38. The van der Waals surface area contributed by atoms with E-state index >= 15 is 0 Å². The number of nitrogens with zero attached hydrogens (tertiary/aromatic N) is 4. The van der Waals surface area contributed by atoms with Crippen LogP contribution in [0.1, 0.15) is 12.6 Å². The van der Waals surface area contributed by atoms with Crippen LogP contribution in [0.3, 0.4) is 0 Å². The molecule has 1 saturated heterocycles. The number of aliphatic hydroxyl groups is 2. The van der Waals surface area contributed by atoms with Crippen molar-refractivity contribution in [3.05, 3.63) is 23.0 Å². The van der Waals surface area contributed by atoms with Crippen molar-refractivity contribution in [2.75, 3.05) is 13.2 Å². The lowest BCUT2D eigenvalue weighted by Gasteiger charge is -2.16. The zero-order valence-electron chi connectivity index (χ0n) is 12.9. The van der Waals surface area contributed by atoms with Gasteiger partial charge in [-0.1, -0.05) is 0 Å². The summed E-state index contributed by atoms with van der Waals surface area (Å²) in [5, 5.41) is 18.9. The summed E-state index contributed by atoms with van der Waals surface area (Å²) in [6, 6.07) is 0. The van der Waals surface area contributed by atoms with Crippen LogP contribution < -0.4 is 5.56 Å². The molecule has 0 aliphatic carbocycles. The average molecular weight is 376 g/mol. The van der Waals surface area contributed by atoms with Gasteiger partial charge in [0.1, 0.15) is 18.7 Å². The van der Waals surface area contributed by atoms with Crippen LogP contribution in [0.2, 0.25) is 0 Å². The summed E-state index contributed by atoms with van der Waals surface area (Å²) in [6.45, 7) is -0.604. The number of ether oxygens (including phenoxy) is 1. The molecule has 1 aliphatic heterocycles. The molecule has 0 amide bonds. The first-order valence-electron chi connectivity index (χ1n) is 7.36. The van der Waals surface area contributed by atoms with E-state index in [4.69, 9.17) is 19.6 Å². The van der Waals surface area contributed by atoms with Crippen molar-refractivity contribution in [1.82, 2.24) is 19.1 Å². The first-order valence-corrected chi connectivity index (χ1v) is 8.89. The Hall–Kier alpha value is -1.66. The lowest BCUT2D eigenvalue weighted by atomic mass is 10.2. The average Bonchev–Trinajstić information content (AvgIpc) is 3.11. The number of hydrogen-bond donors (Lipinski definition) is 4. The minimum absolute atomic E-state index is 0.0870. The molecular weight excluding hydrogens is 359 g/mol. The van der Waals surface area contributed by atoms with E-state index in [9.17, 15) is 14.5 Å². The third-order valence-corrected chi connectivity index (χ3v) is 4.30. The van der Waals surface area contributed by atoms with Crippen LogP contribution in [-0.2, 0) is 20.4 Å². The molecule has 1 fully saturated rings. The van der Waals surface area contributed by atoms with Gasteiger partial charge in [0.15, 0.2) is 11.2 Å². The van der Waals surface area contributed by atoms with Crippen molar-refractivity contribution in [1.29, 1.82) is 0 Å². The van der Waals surface area contributed by atoms with Gasteiger partial charge >= 0.3 is 7.82 Å². The second-order valence-corrected chi connectivity index (χ2v) is 6.75. The molecule has 13 heteroatoms. The molecule has 0 aromatic carbocycles. The first-order chi connectivity index (χ1) is 11.8. The molecule has 0 unspecified atom stereocenters. The molecule has 3 rings (SSSR count). The number of aliphatic hydroxyl groups excluding tert-OH is 2. The fourth-order valence-electron chi connectivity index (χ4n) is 2.63. The molecule has 3 atom stereocenters. The molecule has 138 valence electrons. The van der Waals surface area contributed by atoms with E-state index in [0.29, 0.717) is 0 Å². The predicted molar refractivity (Wildman–Crippen MR) is 81.4 cm³/mol.